The molecule has 1 aliphatic carbocycles. The standard InChI is InChI=1S/C28H38N6O5/c1-18-15-34(19(2)17-35)27(37)21-10-7-11-22(32-26(36)23-14-29-12-13-30-23)25(21)39-24(18)16-33(3)28(38)31-20-8-5-4-6-9-20/h7,10-14,18-20,24,35H,4-6,8-9,15-17H2,1-3H3,(H,31,38)(H,32,36)/t18-,19+,24-/m0/s1. The fourth-order valence-electron chi connectivity index (χ4n) is 5.05. The van der Waals surface area contributed by atoms with Crippen LogP contribution in [0.25, 0.3) is 0 Å². The molecule has 4 rings (SSSR count). The number of carbonyl (C=O) groups excluding carboxylic acids is 3. The lowest BCUT2D eigenvalue weighted by Crippen LogP contribution is -2.52. The first-order valence-electron chi connectivity index (χ1n) is 13.6. The molecule has 1 aliphatic heterocycles. The highest BCUT2D eigenvalue weighted by Crippen LogP contribution is 2.35. The molecule has 1 aromatic carbocycles. The average molecular weight is 539 g/mol. The van der Waals surface area contributed by atoms with Gasteiger partial charge in [0.05, 0.1) is 36.6 Å². The summed E-state index contributed by atoms with van der Waals surface area (Å²) in [5, 5.41) is 15.8. The number of para-hydroxylation sites is 1. The molecule has 11 heteroatoms. The van der Waals surface area contributed by atoms with Gasteiger partial charge < -0.3 is 30.3 Å². The Morgan fingerprint density at radius 1 is 1.23 bits per heavy atom. The number of benzene rings is 1. The molecule has 3 atom stereocenters. The summed E-state index contributed by atoms with van der Waals surface area (Å²) in [6.45, 7) is 4.13. The summed E-state index contributed by atoms with van der Waals surface area (Å²) in [6, 6.07) is 4.53. The molecule has 0 radical (unpaired) electrons. The van der Waals surface area contributed by atoms with Crippen LogP contribution < -0.4 is 15.4 Å². The number of fused-ring (bicyclic) bond motifs is 1. The van der Waals surface area contributed by atoms with Crippen molar-refractivity contribution >= 4 is 23.5 Å². The van der Waals surface area contributed by atoms with E-state index in [-0.39, 0.29) is 54.1 Å². The molecule has 39 heavy (non-hydrogen) atoms. The Morgan fingerprint density at radius 3 is 2.69 bits per heavy atom. The van der Waals surface area contributed by atoms with Crippen molar-refractivity contribution in [2.24, 2.45) is 5.92 Å². The molecule has 0 unspecified atom stereocenters. The number of anilines is 1. The lowest BCUT2D eigenvalue weighted by atomic mass is 9.96. The maximum absolute atomic E-state index is 13.6. The van der Waals surface area contributed by atoms with E-state index in [9.17, 15) is 19.5 Å². The minimum absolute atomic E-state index is 0.117. The highest BCUT2D eigenvalue weighted by Gasteiger charge is 2.35. The molecular weight excluding hydrogens is 500 g/mol. The van der Waals surface area contributed by atoms with Gasteiger partial charge >= 0.3 is 6.03 Å². The van der Waals surface area contributed by atoms with Crippen LogP contribution >= 0.6 is 0 Å². The number of likely N-dealkylation sites (N-methyl/N-ethyl adjacent to an activating group) is 1. The van der Waals surface area contributed by atoms with E-state index >= 15 is 0 Å². The van der Waals surface area contributed by atoms with Crippen molar-refractivity contribution < 1.29 is 24.2 Å². The number of nitrogens with zero attached hydrogens (tertiary/aromatic N) is 4. The molecule has 4 amide bonds. The molecule has 11 nitrogen and oxygen atoms in total. The quantitative estimate of drug-likeness (QED) is 0.493. The molecule has 1 saturated carbocycles. The minimum atomic E-state index is -0.498. The Morgan fingerprint density at radius 2 is 2.00 bits per heavy atom. The number of aliphatic hydroxyl groups is 1. The smallest absolute Gasteiger partial charge is 0.317 e. The number of hydrogen-bond donors (Lipinski definition) is 3. The molecule has 2 aromatic rings. The summed E-state index contributed by atoms with van der Waals surface area (Å²) in [5.41, 5.74) is 0.687. The van der Waals surface area contributed by atoms with Crippen LogP contribution in [0.3, 0.4) is 0 Å². The van der Waals surface area contributed by atoms with Gasteiger partial charge in [0.15, 0.2) is 5.75 Å². The average Bonchev–Trinajstić information content (AvgIpc) is 2.95. The van der Waals surface area contributed by atoms with Crippen molar-refractivity contribution in [2.75, 3.05) is 32.1 Å². The SMILES string of the molecule is C[C@H](CO)N1C[C@H](C)[C@H](CN(C)C(=O)NC2CCCCC2)Oc2c(NC(=O)c3cnccn3)cccc2C1=O. The molecule has 1 fully saturated rings. The number of ether oxygens (including phenoxy) is 1. The van der Waals surface area contributed by atoms with E-state index < -0.39 is 18.1 Å². The van der Waals surface area contributed by atoms with E-state index in [1.54, 1.807) is 42.0 Å². The zero-order chi connectivity index (χ0) is 27.9. The van der Waals surface area contributed by atoms with Crippen LogP contribution in [-0.4, -0.2) is 87.7 Å². The molecule has 0 bridgehead atoms. The van der Waals surface area contributed by atoms with Crippen LogP contribution in [-0.2, 0) is 0 Å². The third-order valence-corrected chi connectivity index (χ3v) is 7.47. The maximum atomic E-state index is 13.6. The largest absolute Gasteiger partial charge is 0.485 e. The van der Waals surface area contributed by atoms with Crippen LogP contribution in [0.4, 0.5) is 10.5 Å². The van der Waals surface area contributed by atoms with Crippen LogP contribution in [0.1, 0.15) is 66.8 Å². The molecular formula is C28H38N6O5. The highest BCUT2D eigenvalue weighted by molar-refractivity contribution is 6.06. The van der Waals surface area contributed by atoms with Gasteiger partial charge in [-0.2, -0.15) is 0 Å². The van der Waals surface area contributed by atoms with E-state index in [1.807, 2.05) is 6.92 Å². The van der Waals surface area contributed by atoms with Crippen LogP contribution in [0.5, 0.6) is 5.75 Å². The molecule has 0 saturated heterocycles. The lowest BCUT2D eigenvalue weighted by Gasteiger charge is -2.38. The number of aromatic nitrogens is 2. The van der Waals surface area contributed by atoms with E-state index in [2.05, 4.69) is 20.6 Å². The van der Waals surface area contributed by atoms with Gasteiger partial charge in [0.2, 0.25) is 0 Å². The maximum Gasteiger partial charge on any atom is 0.317 e. The van der Waals surface area contributed by atoms with Gasteiger partial charge in [-0.25, -0.2) is 9.78 Å². The van der Waals surface area contributed by atoms with E-state index in [4.69, 9.17) is 4.74 Å². The Hall–Kier alpha value is -3.73. The third-order valence-electron chi connectivity index (χ3n) is 7.47. The molecule has 3 N–H and O–H groups in total. The van der Waals surface area contributed by atoms with Crippen molar-refractivity contribution in [2.45, 2.75) is 64.1 Å². The van der Waals surface area contributed by atoms with Crippen molar-refractivity contribution in [3.63, 3.8) is 0 Å². The fraction of sp³-hybridized carbons (Fsp3) is 0.536. The van der Waals surface area contributed by atoms with Gasteiger partial charge in [0.25, 0.3) is 11.8 Å². The van der Waals surface area contributed by atoms with Crippen molar-refractivity contribution in [3.8, 4) is 5.75 Å². The molecule has 0 spiro atoms. The lowest BCUT2D eigenvalue weighted by molar-refractivity contribution is 0.0367. The van der Waals surface area contributed by atoms with Crippen LogP contribution in [0.2, 0.25) is 0 Å². The Kier molecular flexibility index (Phi) is 9.34. The second-order valence-electron chi connectivity index (χ2n) is 10.5. The summed E-state index contributed by atoms with van der Waals surface area (Å²) in [6.07, 6.45) is 9.14. The number of hydrogen-bond acceptors (Lipinski definition) is 7. The minimum Gasteiger partial charge on any atom is -0.485 e. The Labute approximate surface area is 228 Å². The number of nitrogens with one attached hydrogen (secondary N) is 2. The Balaban J connectivity index is 1.62. The second-order valence-corrected chi connectivity index (χ2v) is 10.5. The predicted octanol–water partition coefficient (Wildman–Crippen LogP) is 2.92. The summed E-state index contributed by atoms with van der Waals surface area (Å²) in [5.74, 6) is -0.781. The summed E-state index contributed by atoms with van der Waals surface area (Å²) in [4.78, 5) is 50.8. The number of rotatable bonds is 7. The van der Waals surface area contributed by atoms with Crippen molar-refractivity contribution in [1.82, 2.24) is 25.1 Å². The normalized spacial score (nSPS) is 20.6. The van der Waals surface area contributed by atoms with Crippen molar-refractivity contribution in [1.29, 1.82) is 0 Å². The van der Waals surface area contributed by atoms with Gasteiger partial charge in [-0.05, 0) is 31.9 Å². The molecule has 210 valence electrons. The van der Waals surface area contributed by atoms with Gasteiger partial charge in [-0.15, -0.1) is 0 Å². The summed E-state index contributed by atoms with van der Waals surface area (Å²) < 4.78 is 6.48. The number of carbonyl (C=O) groups is 3. The van der Waals surface area contributed by atoms with E-state index in [0.29, 0.717) is 12.2 Å². The van der Waals surface area contributed by atoms with E-state index in [0.717, 1.165) is 25.7 Å². The second kappa shape index (κ2) is 12.9. The van der Waals surface area contributed by atoms with Crippen LogP contribution in [0, 0.1) is 5.92 Å². The number of urea groups is 1. The van der Waals surface area contributed by atoms with Crippen molar-refractivity contribution in [3.05, 3.63) is 48.0 Å². The topological polar surface area (TPSA) is 137 Å². The first-order chi connectivity index (χ1) is 18.8. The fourth-order valence-corrected chi connectivity index (χ4v) is 5.05. The molecule has 2 aliphatic rings. The predicted molar refractivity (Wildman–Crippen MR) is 146 cm³/mol. The Bertz CT molecular complexity index is 1160. The number of amides is 4. The van der Waals surface area contributed by atoms with Gasteiger partial charge in [0, 0.05) is 37.9 Å². The third kappa shape index (κ3) is 6.83. The first-order valence-corrected chi connectivity index (χ1v) is 13.6. The van der Waals surface area contributed by atoms with E-state index in [1.165, 1.54) is 25.0 Å². The summed E-state index contributed by atoms with van der Waals surface area (Å²) in [7, 11) is 1.73. The highest BCUT2D eigenvalue weighted by atomic mass is 16.5. The first kappa shape index (κ1) is 28.3. The zero-order valence-corrected chi connectivity index (χ0v) is 22.8. The van der Waals surface area contributed by atoms with Gasteiger partial charge in [-0.3, -0.25) is 14.6 Å². The summed E-state index contributed by atoms with van der Waals surface area (Å²) >= 11 is 0. The molecule has 1 aromatic heterocycles. The molecule has 2 heterocycles. The van der Waals surface area contributed by atoms with Gasteiger partial charge in [-0.1, -0.05) is 32.3 Å². The zero-order valence-electron chi connectivity index (χ0n) is 22.8. The monoisotopic (exact) mass is 538 g/mol. The van der Waals surface area contributed by atoms with Crippen LogP contribution in [0.15, 0.2) is 36.8 Å². The van der Waals surface area contributed by atoms with Gasteiger partial charge in [0.1, 0.15) is 11.8 Å². The number of aliphatic hydroxyl groups excluding tert-OH is 1.